The fourth-order valence-corrected chi connectivity index (χ4v) is 3.57. The summed E-state index contributed by atoms with van der Waals surface area (Å²) in [6.45, 7) is 3.72. The summed E-state index contributed by atoms with van der Waals surface area (Å²) in [7, 11) is 1.84. The van der Waals surface area contributed by atoms with Crippen LogP contribution < -0.4 is 0 Å². The van der Waals surface area contributed by atoms with Gasteiger partial charge in [-0.15, -0.1) is 5.10 Å². The third-order valence-electron chi connectivity index (χ3n) is 4.03. The van der Waals surface area contributed by atoms with Crippen LogP contribution in [0.15, 0.2) is 5.16 Å². The number of nitrogens with zero attached hydrogens (tertiary/aromatic N) is 5. The lowest BCUT2D eigenvalue weighted by Crippen LogP contribution is -2.37. The number of thioether (sulfide) groups is 1. The number of rotatable bonds is 7. The van der Waals surface area contributed by atoms with E-state index in [2.05, 4.69) is 22.4 Å². The summed E-state index contributed by atoms with van der Waals surface area (Å²) in [6, 6.07) is 0. The first-order valence-electron chi connectivity index (χ1n) is 7.86. The highest BCUT2D eigenvalue weighted by Gasteiger charge is 2.24. The van der Waals surface area contributed by atoms with E-state index < -0.39 is 0 Å². The van der Waals surface area contributed by atoms with E-state index in [-0.39, 0.29) is 5.92 Å². The van der Waals surface area contributed by atoms with Gasteiger partial charge >= 0.3 is 0 Å². The quantitative estimate of drug-likeness (QED) is 0.570. The molecule has 0 radical (unpaired) electrons. The molecule has 0 saturated heterocycles. The third-order valence-corrected chi connectivity index (χ3v) is 5.13. The molecule has 0 N–H and O–H groups in total. The maximum atomic E-state index is 12.5. The van der Waals surface area contributed by atoms with Crippen molar-refractivity contribution in [1.82, 2.24) is 25.1 Å². The van der Waals surface area contributed by atoms with Gasteiger partial charge in [-0.1, -0.05) is 31.0 Å². The number of amides is 1. The van der Waals surface area contributed by atoms with Crippen molar-refractivity contribution >= 4 is 17.7 Å². The third kappa shape index (κ3) is 4.69. The number of carbonyl (C=O) groups is 1. The van der Waals surface area contributed by atoms with Gasteiger partial charge in [-0.25, -0.2) is 4.68 Å². The standard InChI is InChI=1S/C14H25N5OS/c1-3-19(13(20)12-8-5-4-6-9-12)10-7-11-21-14-15-16-17-18(14)2/h12H,3-11H2,1-2H3. The monoisotopic (exact) mass is 311 g/mol. The highest BCUT2D eigenvalue weighted by Crippen LogP contribution is 2.25. The smallest absolute Gasteiger partial charge is 0.225 e. The molecular weight excluding hydrogens is 286 g/mol. The first-order chi connectivity index (χ1) is 10.2. The fraction of sp³-hybridized carbons (Fsp3) is 0.857. The molecule has 118 valence electrons. The highest BCUT2D eigenvalue weighted by molar-refractivity contribution is 7.99. The fourth-order valence-electron chi connectivity index (χ4n) is 2.79. The Hall–Kier alpha value is -1.11. The molecule has 1 fully saturated rings. The van der Waals surface area contributed by atoms with Crippen LogP contribution in [0.25, 0.3) is 0 Å². The SMILES string of the molecule is CCN(CCCSc1nnnn1C)C(=O)C1CCCCC1. The molecule has 0 bridgehead atoms. The Morgan fingerprint density at radius 1 is 1.38 bits per heavy atom. The molecule has 1 saturated carbocycles. The molecule has 2 rings (SSSR count). The summed E-state index contributed by atoms with van der Waals surface area (Å²) in [5.41, 5.74) is 0. The van der Waals surface area contributed by atoms with Crippen LogP contribution in [0.2, 0.25) is 0 Å². The summed E-state index contributed by atoms with van der Waals surface area (Å²) >= 11 is 1.64. The molecule has 21 heavy (non-hydrogen) atoms. The molecule has 0 unspecified atom stereocenters. The topological polar surface area (TPSA) is 63.9 Å². The van der Waals surface area contributed by atoms with Crippen molar-refractivity contribution in [2.45, 2.75) is 50.6 Å². The average molecular weight is 311 g/mol. The largest absolute Gasteiger partial charge is 0.343 e. The van der Waals surface area contributed by atoms with Gasteiger partial charge in [0.15, 0.2) is 0 Å². The van der Waals surface area contributed by atoms with Crippen molar-refractivity contribution in [2.24, 2.45) is 13.0 Å². The van der Waals surface area contributed by atoms with E-state index in [4.69, 9.17) is 0 Å². The highest BCUT2D eigenvalue weighted by atomic mass is 32.2. The Morgan fingerprint density at radius 3 is 2.76 bits per heavy atom. The van der Waals surface area contributed by atoms with Crippen LogP contribution in [0, 0.1) is 5.92 Å². The number of aromatic nitrogens is 4. The molecular formula is C14H25N5OS. The van der Waals surface area contributed by atoms with Crippen LogP contribution >= 0.6 is 11.8 Å². The van der Waals surface area contributed by atoms with Crippen molar-refractivity contribution in [3.8, 4) is 0 Å². The van der Waals surface area contributed by atoms with Gasteiger partial charge < -0.3 is 4.90 Å². The van der Waals surface area contributed by atoms with Crippen LogP contribution in [0.3, 0.4) is 0 Å². The van der Waals surface area contributed by atoms with E-state index in [0.29, 0.717) is 5.91 Å². The molecule has 7 heteroatoms. The van der Waals surface area contributed by atoms with Crippen molar-refractivity contribution in [3.05, 3.63) is 0 Å². The average Bonchev–Trinajstić information content (AvgIpc) is 2.93. The van der Waals surface area contributed by atoms with Crippen molar-refractivity contribution < 1.29 is 4.79 Å². The van der Waals surface area contributed by atoms with Gasteiger partial charge in [0, 0.05) is 31.8 Å². The van der Waals surface area contributed by atoms with Crippen LogP contribution in [-0.2, 0) is 11.8 Å². The van der Waals surface area contributed by atoms with Crippen LogP contribution in [0.5, 0.6) is 0 Å². The number of tetrazole rings is 1. The second-order valence-corrected chi connectivity index (χ2v) is 6.60. The van der Waals surface area contributed by atoms with Gasteiger partial charge in [0.05, 0.1) is 0 Å². The number of aryl methyl sites for hydroxylation is 1. The van der Waals surface area contributed by atoms with Crippen LogP contribution in [0.1, 0.15) is 45.4 Å². The van der Waals surface area contributed by atoms with Crippen molar-refractivity contribution in [2.75, 3.05) is 18.8 Å². The van der Waals surface area contributed by atoms with Gasteiger partial charge in [0.2, 0.25) is 11.1 Å². The van der Waals surface area contributed by atoms with Gasteiger partial charge in [-0.3, -0.25) is 4.79 Å². The molecule has 1 amide bonds. The van der Waals surface area contributed by atoms with Crippen LogP contribution in [0.4, 0.5) is 0 Å². The van der Waals surface area contributed by atoms with E-state index in [1.54, 1.807) is 16.4 Å². The zero-order valence-corrected chi connectivity index (χ0v) is 13.8. The minimum absolute atomic E-state index is 0.272. The second kappa shape index (κ2) is 8.36. The summed E-state index contributed by atoms with van der Waals surface area (Å²) in [6.07, 6.45) is 6.84. The minimum atomic E-state index is 0.272. The molecule has 0 aromatic carbocycles. The molecule has 1 aliphatic carbocycles. The van der Waals surface area contributed by atoms with Gasteiger partial charge in [0.1, 0.15) is 0 Å². The Balaban J connectivity index is 1.71. The molecule has 0 atom stereocenters. The van der Waals surface area contributed by atoms with E-state index in [1.807, 2.05) is 11.9 Å². The summed E-state index contributed by atoms with van der Waals surface area (Å²) in [4.78, 5) is 14.5. The molecule has 0 aliphatic heterocycles. The first-order valence-corrected chi connectivity index (χ1v) is 8.85. The molecule has 1 heterocycles. The summed E-state index contributed by atoms with van der Waals surface area (Å²) in [5.74, 6) is 1.57. The maximum absolute atomic E-state index is 12.5. The number of hydrogen-bond donors (Lipinski definition) is 0. The predicted octanol–water partition coefficient (Wildman–Crippen LogP) is 2.12. The molecule has 1 aromatic heterocycles. The Morgan fingerprint density at radius 2 is 2.14 bits per heavy atom. The Labute approximate surface area is 130 Å². The lowest BCUT2D eigenvalue weighted by atomic mass is 9.88. The van der Waals surface area contributed by atoms with E-state index in [0.717, 1.165) is 43.3 Å². The zero-order valence-electron chi connectivity index (χ0n) is 13.0. The first kappa shape index (κ1) is 16.3. The zero-order chi connectivity index (χ0) is 15.1. The van der Waals surface area contributed by atoms with Gasteiger partial charge in [0.25, 0.3) is 0 Å². The van der Waals surface area contributed by atoms with Gasteiger partial charge in [-0.2, -0.15) is 0 Å². The minimum Gasteiger partial charge on any atom is -0.343 e. The van der Waals surface area contributed by atoms with Gasteiger partial charge in [-0.05, 0) is 36.6 Å². The van der Waals surface area contributed by atoms with E-state index in [9.17, 15) is 4.79 Å². The molecule has 1 aliphatic rings. The Bertz CT molecular complexity index is 444. The van der Waals surface area contributed by atoms with Crippen molar-refractivity contribution in [3.63, 3.8) is 0 Å². The number of hydrogen-bond acceptors (Lipinski definition) is 5. The van der Waals surface area contributed by atoms with E-state index in [1.165, 1.54) is 19.3 Å². The number of carbonyl (C=O) groups excluding carboxylic acids is 1. The maximum Gasteiger partial charge on any atom is 0.225 e. The molecule has 0 spiro atoms. The van der Waals surface area contributed by atoms with E-state index >= 15 is 0 Å². The molecule has 1 aromatic rings. The molecule has 6 nitrogen and oxygen atoms in total. The van der Waals surface area contributed by atoms with Crippen LogP contribution in [-0.4, -0.2) is 49.9 Å². The second-order valence-electron chi connectivity index (χ2n) is 5.54. The predicted molar refractivity (Wildman–Crippen MR) is 83.0 cm³/mol. The summed E-state index contributed by atoms with van der Waals surface area (Å²) in [5, 5.41) is 12.2. The summed E-state index contributed by atoms with van der Waals surface area (Å²) < 4.78 is 1.68. The Kier molecular flexibility index (Phi) is 6.48. The van der Waals surface area contributed by atoms with Crippen molar-refractivity contribution in [1.29, 1.82) is 0 Å². The lowest BCUT2D eigenvalue weighted by molar-refractivity contribution is -0.136. The normalized spacial score (nSPS) is 16.1. The lowest BCUT2D eigenvalue weighted by Gasteiger charge is -2.28.